The molecular formula is C22H18BrCl2N5O. The maximum absolute atomic E-state index is 12.3. The van der Waals surface area contributed by atoms with Gasteiger partial charge in [-0.05, 0) is 40.5 Å². The molecular weight excluding hydrogens is 501 g/mol. The van der Waals surface area contributed by atoms with Crippen LogP contribution in [0.5, 0.6) is 0 Å². The number of hydrogen-bond acceptors (Lipinski definition) is 4. The molecule has 2 N–H and O–H groups in total. The number of carbonyl (C=O) groups is 1. The zero-order chi connectivity index (χ0) is 21.8. The number of hydrogen-bond donors (Lipinski definition) is 2. The van der Waals surface area contributed by atoms with E-state index in [0.717, 1.165) is 21.5 Å². The maximum Gasteiger partial charge on any atom is 0.252 e. The second-order valence-corrected chi connectivity index (χ2v) is 8.42. The zero-order valence-electron chi connectivity index (χ0n) is 16.3. The van der Waals surface area contributed by atoms with E-state index in [0.29, 0.717) is 40.8 Å². The lowest BCUT2D eigenvalue weighted by molar-refractivity contribution is 0.0953. The predicted molar refractivity (Wildman–Crippen MR) is 128 cm³/mol. The third-order valence-electron chi connectivity index (χ3n) is 4.64. The first kappa shape index (κ1) is 21.6. The van der Waals surface area contributed by atoms with Gasteiger partial charge in [0.05, 0.1) is 26.9 Å². The molecule has 0 bridgehead atoms. The summed E-state index contributed by atoms with van der Waals surface area (Å²) >= 11 is 15.9. The van der Waals surface area contributed by atoms with Crippen molar-refractivity contribution in [1.29, 1.82) is 0 Å². The monoisotopic (exact) mass is 517 g/mol. The summed E-state index contributed by atoms with van der Waals surface area (Å²) in [5, 5.41) is 11.7. The minimum Gasteiger partial charge on any atom is -0.370 e. The van der Waals surface area contributed by atoms with E-state index >= 15 is 0 Å². The highest BCUT2D eigenvalue weighted by Crippen LogP contribution is 2.30. The second kappa shape index (κ2) is 9.68. The number of carbonyl (C=O) groups excluding carboxylic acids is 1. The Kier molecular flexibility index (Phi) is 6.75. The molecule has 0 atom stereocenters. The lowest BCUT2D eigenvalue weighted by Gasteiger charge is -2.12. The van der Waals surface area contributed by atoms with Crippen LogP contribution in [0.15, 0.2) is 65.3 Å². The standard InChI is InChI=1S/C22H18BrCl2N5O/c23-16-13-28-30-20(12-19(29-21(16)30)14-6-1-3-8-17(14)24)26-10-5-11-27-22(31)15-7-2-4-9-18(15)25/h1-4,6-9,12-13,26H,5,10-11H2,(H,27,31). The molecule has 0 saturated carbocycles. The van der Waals surface area contributed by atoms with Gasteiger partial charge in [-0.25, -0.2) is 4.98 Å². The summed E-state index contributed by atoms with van der Waals surface area (Å²) < 4.78 is 2.52. The molecule has 4 aromatic rings. The van der Waals surface area contributed by atoms with E-state index in [2.05, 4.69) is 31.7 Å². The van der Waals surface area contributed by atoms with Crippen molar-refractivity contribution >= 4 is 56.5 Å². The van der Waals surface area contributed by atoms with E-state index in [4.69, 9.17) is 28.2 Å². The van der Waals surface area contributed by atoms with E-state index in [9.17, 15) is 4.79 Å². The van der Waals surface area contributed by atoms with Gasteiger partial charge in [-0.15, -0.1) is 0 Å². The maximum atomic E-state index is 12.3. The molecule has 0 aliphatic heterocycles. The van der Waals surface area contributed by atoms with Crippen molar-refractivity contribution in [2.45, 2.75) is 6.42 Å². The topological polar surface area (TPSA) is 71.3 Å². The summed E-state index contributed by atoms with van der Waals surface area (Å²) in [6.45, 7) is 1.13. The SMILES string of the molecule is O=C(NCCCNc1cc(-c2ccccc2Cl)nc2c(Br)cnn12)c1ccccc1Cl. The number of anilines is 1. The van der Waals surface area contributed by atoms with Crippen molar-refractivity contribution in [3.63, 3.8) is 0 Å². The fraction of sp³-hybridized carbons (Fsp3) is 0.136. The average molecular weight is 519 g/mol. The summed E-state index contributed by atoms with van der Waals surface area (Å²) in [6, 6.07) is 16.5. The van der Waals surface area contributed by atoms with Crippen LogP contribution >= 0.6 is 39.1 Å². The van der Waals surface area contributed by atoms with Crippen molar-refractivity contribution in [3.8, 4) is 11.3 Å². The third-order valence-corrected chi connectivity index (χ3v) is 5.86. The van der Waals surface area contributed by atoms with E-state index < -0.39 is 0 Å². The molecule has 0 aliphatic carbocycles. The molecule has 0 fully saturated rings. The Morgan fingerprint density at radius 3 is 2.55 bits per heavy atom. The number of amides is 1. The lowest BCUT2D eigenvalue weighted by Crippen LogP contribution is -2.26. The molecule has 0 saturated heterocycles. The van der Waals surface area contributed by atoms with Gasteiger partial charge in [0, 0.05) is 29.7 Å². The Labute approximate surface area is 197 Å². The van der Waals surface area contributed by atoms with Crippen molar-refractivity contribution in [2.24, 2.45) is 0 Å². The van der Waals surface area contributed by atoms with Crippen LogP contribution in [0.2, 0.25) is 10.0 Å². The third kappa shape index (κ3) is 4.84. The van der Waals surface area contributed by atoms with Gasteiger partial charge in [0.15, 0.2) is 5.65 Å². The van der Waals surface area contributed by atoms with Crippen molar-refractivity contribution in [1.82, 2.24) is 19.9 Å². The Hall–Kier alpha value is -2.61. The molecule has 9 heteroatoms. The molecule has 2 aromatic heterocycles. The van der Waals surface area contributed by atoms with E-state index in [1.54, 1.807) is 35.0 Å². The average Bonchev–Trinajstić information content (AvgIpc) is 3.15. The van der Waals surface area contributed by atoms with Gasteiger partial charge >= 0.3 is 0 Å². The van der Waals surface area contributed by atoms with Gasteiger partial charge in [0.25, 0.3) is 5.91 Å². The van der Waals surface area contributed by atoms with Crippen LogP contribution in [-0.4, -0.2) is 33.6 Å². The van der Waals surface area contributed by atoms with Gasteiger partial charge in [0.1, 0.15) is 5.82 Å². The zero-order valence-corrected chi connectivity index (χ0v) is 19.4. The molecule has 4 rings (SSSR count). The molecule has 31 heavy (non-hydrogen) atoms. The molecule has 0 spiro atoms. The summed E-state index contributed by atoms with van der Waals surface area (Å²) in [5.74, 6) is 0.594. The fourth-order valence-corrected chi connectivity index (χ4v) is 3.92. The number of nitrogens with one attached hydrogen (secondary N) is 2. The van der Waals surface area contributed by atoms with Crippen LogP contribution in [0, 0.1) is 0 Å². The number of nitrogens with zero attached hydrogens (tertiary/aromatic N) is 3. The number of fused-ring (bicyclic) bond motifs is 1. The largest absolute Gasteiger partial charge is 0.370 e. The van der Waals surface area contributed by atoms with Gasteiger partial charge in [-0.2, -0.15) is 9.61 Å². The van der Waals surface area contributed by atoms with Crippen LogP contribution in [0.4, 0.5) is 5.82 Å². The molecule has 158 valence electrons. The first-order chi connectivity index (χ1) is 15.0. The van der Waals surface area contributed by atoms with E-state index in [-0.39, 0.29) is 5.91 Å². The summed E-state index contributed by atoms with van der Waals surface area (Å²) in [6.07, 6.45) is 2.41. The van der Waals surface area contributed by atoms with Crippen LogP contribution in [0.3, 0.4) is 0 Å². The normalized spacial score (nSPS) is 10.9. The summed E-state index contributed by atoms with van der Waals surface area (Å²) in [4.78, 5) is 16.9. The molecule has 2 aromatic carbocycles. The minimum atomic E-state index is -0.186. The highest BCUT2D eigenvalue weighted by Gasteiger charge is 2.13. The fourth-order valence-electron chi connectivity index (χ4n) is 3.12. The Bertz CT molecular complexity index is 1240. The highest BCUT2D eigenvalue weighted by atomic mass is 79.9. The van der Waals surface area contributed by atoms with Gasteiger partial charge in [0.2, 0.25) is 0 Å². The van der Waals surface area contributed by atoms with Crippen molar-refractivity contribution < 1.29 is 4.79 Å². The van der Waals surface area contributed by atoms with E-state index in [1.165, 1.54) is 0 Å². The van der Waals surface area contributed by atoms with Crippen molar-refractivity contribution in [2.75, 3.05) is 18.4 Å². The first-order valence-corrected chi connectivity index (χ1v) is 11.2. The summed E-state index contributed by atoms with van der Waals surface area (Å²) in [5.41, 5.74) is 2.74. The number of aromatic nitrogens is 3. The van der Waals surface area contributed by atoms with Gasteiger partial charge < -0.3 is 10.6 Å². The number of rotatable bonds is 7. The van der Waals surface area contributed by atoms with Gasteiger partial charge in [-0.1, -0.05) is 53.5 Å². The second-order valence-electron chi connectivity index (χ2n) is 6.75. The van der Waals surface area contributed by atoms with Crippen LogP contribution in [0.25, 0.3) is 16.9 Å². The quantitative estimate of drug-likeness (QED) is 0.308. The molecule has 6 nitrogen and oxygen atoms in total. The van der Waals surface area contributed by atoms with Gasteiger partial charge in [-0.3, -0.25) is 4.79 Å². The predicted octanol–water partition coefficient (Wildman–Crippen LogP) is 5.70. The number of halogens is 3. The molecule has 0 aliphatic rings. The first-order valence-electron chi connectivity index (χ1n) is 9.60. The van der Waals surface area contributed by atoms with Crippen LogP contribution in [0.1, 0.15) is 16.8 Å². The van der Waals surface area contributed by atoms with Crippen LogP contribution in [-0.2, 0) is 0 Å². The Balaban J connectivity index is 1.44. The van der Waals surface area contributed by atoms with E-state index in [1.807, 2.05) is 30.3 Å². The number of benzene rings is 2. The molecule has 0 unspecified atom stereocenters. The smallest absolute Gasteiger partial charge is 0.252 e. The minimum absolute atomic E-state index is 0.186. The Morgan fingerprint density at radius 2 is 1.77 bits per heavy atom. The Morgan fingerprint density at radius 1 is 1.03 bits per heavy atom. The lowest BCUT2D eigenvalue weighted by atomic mass is 10.1. The van der Waals surface area contributed by atoms with Crippen LogP contribution < -0.4 is 10.6 Å². The van der Waals surface area contributed by atoms with Crippen molar-refractivity contribution in [3.05, 3.63) is 80.9 Å². The molecule has 2 heterocycles. The molecule has 0 radical (unpaired) electrons. The molecule has 1 amide bonds. The summed E-state index contributed by atoms with van der Waals surface area (Å²) in [7, 11) is 0. The highest BCUT2D eigenvalue weighted by molar-refractivity contribution is 9.10.